The van der Waals surface area contributed by atoms with E-state index in [-0.39, 0.29) is 19.3 Å². The van der Waals surface area contributed by atoms with Crippen LogP contribution in [0.1, 0.15) is 23.4 Å². The maximum atomic E-state index is 12.5. The van der Waals surface area contributed by atoms with E-state index < -0.39 is 18.0 Å². The van der Waals surface area contributed by atoms with Crippen LogP contribution < -0.4 is 4.74 Å². The smallest absolute Gasteiger partial charge is 0.410 e. The molecule has 3 heterocycles. The SMILES string of the molecule is Cc1nc(-c2nnn(C)c2COC(=O)N(C)Cc2ccccc2)ccc1O[C@H]1COC[C@@H](C(=O)O)C1. The summed E-state index contributed by atoms with van der Waals surface area (Å²) >= 11 is 0. The molecule has 3 aromatic rings. The summed E-state index contributed by atoms with van der Waals surface area (Å²) in [7, 11) is 3.40. The maximum absolute atomic E-state index is 12.5. The average Bonchev–Trinajstić information content (AvgIpc) is 3.24. The molecule has 1 saturated heterocycles. The molecule has 1 aliphatic rings. The number of amides is 1. The second-order valence-corrected chi connectivity index (χ2v) is 8.73. The number of pyridine rings is 1. The Kier molecular flexibility index (Phi) is 7.79. The first-order valence-corrected chi connectivity index (χ1v) is 11.6. The van der Waals surface area contributed by atoms with E-state index in [1.54, 1.807) is 37.8 Å². The van der Waals surface area contributed by atoms with Gasteiger partial charge in [0.05, 0.1) is 30.5 Å². The molecule has 0 unspecified atom stereocenters. The first kappa shape index (κ1) is 25.1. The average molecular weight is 496 g/mol. The topological polar surface area (TPSA) is 129 Å². The first-order valence-electron chi connectivity index (χ1n) is 11.6. The van der Waals surface area contributed by atoms with Crippen LogP contribution in [-0.4, -0.2) is 68.4 Å². The molecule has 1 aliphatic heterocycles. The normalized spacial score (nSPS) is 17.4. The van der Waals surface area contributed by atoms with Crippen molar-refractivity contribution in [1.82, 2.24) is 24.9 Å². The molecule has 0 radical (unpaired) electrons. The summed E-state index contributed by atoms with van der Waals surface area (Å²) in [4.78, 5) is 29.9. The fourth-order valence-corrected chi connectivity index (χ4v) is 3.93. The fraction of sp³-hybridized carbons (Fsp3) is 0.400. The molecule has 4 rings (SSSR count). The molecule has 11 heteroatoms. The predicted octanol–water partition coefficient (Wildman–Crippen LogP) is 2.82. The van der Waals surface area contributed by atoms with Crippen molar-refractivity contribution in [3.05, 3.63) is 59.4 Å². The molecule has 36 heavy (non-hydrogen) atoms. The lowest BCUT2D eigenvalue weighted by Crippen LogP contribution is -2.37. The Balaban J connectivity index is 1.41. The summed E-state index contributed by atoms with van der Waals surface area (Å²) in [6.45, 7) is 2.71. The highest BCUT2D eigenvalue weighted by atomic mass is 16.6. The van der Waals surface area contributed by atoms with Crippen LogP contribution in [0.3, 0.4) is 0 Å². The summed E-state index contributed by atoms with van der Waals surface area (Å²) in [5.74, 6) is -0.943. The number of nitrogens with zero attached hydrogens (tertiary/aromatic N) is 5. The highest BCUT2D eigenvalue weighted by Crippen LogP contribution is 2.27. The van der Waals surface area contributed by atoms with Gasteiger partial charge in [-0.2, -0.15) is 0 Å². The van der Waals surface area contributed by atoms with Gasteiger partial charge in [-0.05, 0) is 24.6 Å². The Bertz CT molecular complexity index is 1210. The van der Waals surface area contributed by atoms with Gasteiger partial charge in [-0.1, -0.05) is 35.5 Å². The molecule has 11 nitrogen and oxygen atoms in total. The second-order valence-electron chi connectivity index (χ2n) is 8.73. The number of hydrogen-bond acceptors (Lipinski definition) is 8. The van der Waals surface area contributed by atoms with E-state index in [9.17, 15) is 14.7 Å². The van der Waals surface area contributed by atoms with Crippen molar-refractivity contribution >= 4 is 12.1 Å². The van der Waals surface area contributed by atoms with Gasteiger partial charge in [0.15, 0.2) is 0 Å². The largest absolute Gasteiger partial charge is 0.486 e. The number of aryl methyl sites for hydroxylation is 2. The van der Waals surface area contributed by atoms with Gasteiger partial charge in [0.25, 0.3) is 0 Å². The van der Waals surface area contributed by atoms with Crippen molar-refractivity contribution in [2.75, 3.05) is 20.3 Å². The van der Waals surface area contributed by atoms with E-state index in [2.05, 4.69) is 15.3 Å². The number of aromatic nitrogens is 4. The summed E-state index contributed by atoms with van der Waals surface area (Å²) in [6.07, 6.45) is -0.464. The number of rotatable bonds is 8. The van der Waals surface area contributed by atoms with Crippen LogP contribution in [-0.2, 0) is 34.5 Å². The van der Waals surface area contributed by atoms with E-state index in [0.29, 0.717) is 48.1 Å². The van der Waals surface area contributed by atoms with Crippen LogP contribution in [0.5, 0.6) is 5.75 Å². The molecule has 0 aliphatic carbocycles. The van der Waals surface area contributed by atoms with Crippen molar-refractivity contribution in [3.63, 3.8) is 0 Å². The highest BCUT2D eigenvalue weighted by molar-refractivity contribution is 5.70. The van der Waals surface area contributed by atoms with E-state index in [1.165, 1.54) is 4.90 Å². The molecular weight excluding hydrogens is 466 g/mol. The van der Waals surface area contributed by atoms with Crippen molar-refractivity contribution in [1.29, 1.82) is 0 Å². The third-order valence-electron chi connectivity index (χ3n) is 5.94. The van der Waals surface area contributed by atoms with Gasteiger partial charge in [-0.3, -0.25) is 4.79 Å². The van der Waals surface area contributed by atoms with Crippen LogP contribution in [0.4, 0.5) is 4.79 Å². The highest BCUT2D eigenvalue weighted by Gasteiger charge is 2.29. The number of aliphatic carboxylic acids is 1. The predicted molar refractivity (Wildman–Crippen MR) is 128 cm³/mol. The summed E-state index contributed by atoms with van der Waals surface area (Å²) in [5, 5.41) is 17.5. The van der Waals surface area contributed by atoms with E-state index in [4.69, 9.17) is 14.2 Å². The van der Waals surface area contributed by atoms with E-state index in [1.807, 2.05) is 30.3 Å². The maximum Gasteiger partial charge on any atom is 0.410 e. The molecule has 0 saturated carbocycles. The van der Waals surface area contributed by atoms with Gasteiger partial charge >= 0.3 is 12.1 Å². The number of hydrogen-bond donors (Lipinski definition) is 1. The Morgan fingerprint density at radius 1 is 1.19 bits per heavy atom. The minimum absolute atomic E-state index is 0.0221. The van der Waals surface area contributed by atoms with Crippen LogP contribution in [0.15, 0.2) is 42.5 Å². The number of carboxylic acids is 1. The summed E-state index contributed by atoms with van der Waals surface area (Å²) < 4.78 is 18.4. The van der Waals surface area contributed by atoms with Gasteiger partial charge in [0.2, 0.25) is 0 Å². The zero-order valence-electron chi connectivity index (χ0n) is 20.5. The fourth-order valence-electron chi connectivity index (χ4n) is 3.93. The summed E-state index contributed by atoms with van der Waals surface area (Å²) in [6, 6.07) is 13.2. The third-order valence-corrected chi connectivity index (χ3v) is 5.94. The molecule has 1 aromatic carbocycles. The van der Waals surface area contributed by atoms with E-state index in [0.717, 1.165) is 5.56 Å². The van der Waals surface area contributed by atoms with Crippen LogP contribution >= 0.6 is 0 Å². The van der Waals surface area contributed by atoms with Gasteiger partial charge < -0.3 is 24.2 Å². The molecule has 1 fully saturated rings. The summed E-state index contributed by atoms with van der Waals surface area (Å²) in [5.41, 5.74) is 3.26. The van der Waals surface area contributed by atoms with Crippen molar-refractivity contribution in [2.24, 2.45) is 13.0 Å². The van der Waals surface area contributed by atoms with Crippen molar-refractivity contribution in [3.8, 4) is 17.1 Å². The molecule has 2 aromatic heterocycles. The minimum Gasteiger partial charge on any atom is -0.486 e. The molecule has 190 valence electrons. The van der Waals surface area contributed by atoms with Crippen LogP contribution in [0.2, 0.25) is 0 Å². The number of ether oxygens (including phenoxy) is 3. The van der Waals surface area contributed by atoms with Crippen molar-refractivity contribution in [2.45, 2.75) is 32.6 Å². The van der Waals surface area contributed by atoms with Gasteiger partial charge in [0.1, 0.15) is 29.8 Å². The lowest BCUT2D eigenvalue weighted by atomic mass is 10.0. The number of carboxylic acid groups (broad SMARTS) is 1. The Morgan fingerprint density at radius 2 is 1.97 bits per heavy atom. The zero-order chi connectivity index (χ0) is 25.7. The molecule has 0 spiro atoms. The quantitative estimate of drug-likeness (QED) is 0.501. The molecule has 1 N–H and O–H groups in total. The minimum atomic E-state index is -0.893. The van der Waals surface area contributed by atoms with Gasteiger partial charge in [0, 0.05) is 27.1 Å². The lowest BCUT2D eigenvalue weighted by Gasteiger charge is -2.27. The molecule has 2 atom stereocenters. The Labute approximate surface area is 208 Å². The van der Waals surface area contributed by atoms with Crippen molar-refractivity contribution < 1.29 is 28.9 Å². The molecule has 1 amide bonds. The van der Waals surface area contributed by atoms with Gasteiger partial charge in [-0.25, -0.2) is 14.5 Å². The van der Waals surface area contributed by atoms with Crippen LogP contribution in [0.25, 0.3) is 11.4 Å². The van der Waals surface area contributed by atoms with Crippen LogP contribution in [0, 0.1) is 12.8 Å². The number of benzene rings is 1. The second kappa shape index (κ2) is 11.2. The standard InChI is InChI=1S/C25H29N5O6/c1-16-22(36-19-11-18(24(31)32)13-34-14-19)10-9-20(26-16)23-21(30(3)28-27-23)15-35-25(33)29(2)12-17-7-5-4-6-8-17/h4-10,18-19H,11-15H2,1-3H3,(H,31,32)/t18-,19+/m0/s1. The lowest BCUT2D eigenvalue weighted by molar-refractivity contribution is -0.149. The molecule has 0 bridgehead atoms. The number of carbonyl (C=O) groups is 2. The Hall–Kier alpha value is -3.99. The van der Waals surface area contributed by atoms with E-state index >= 15 is 0 Å². The van der Waals surface area contributed by atoms with Gasteiger partial charge in [-0.15, -0.1) is 5.10 Å². The Morgan fingerprint density at radius 3 is 2.69 bits per heavy atom. The third kappa shape index (κ3) is 5.98. The molecular formula is C25H29N5O6. The zero-order valence-corrected chi connectivity index (χ0v) is 20.5. The number of carbonyl (C=O) groups excluding carboxylic acids is 1. The first-order chi connectivity index (χ1) is 17.3. The monoisotopic (exact) mass is 495 g/mol.